The Morgan fingerprint density at radius 1 is 1.19 bits per heavy atom. The first kappa shape index (κ1) is 17.6. The molecule has 0 fully saturated rings. The summed E-state index contributed by atoms with van der Waals surface area (Å²) in [5, 5.41) is 8.04. The summed E-state index contributed by atoms with van der Waals surface area (Å²) in [5.74, 6) is 0. The van der Waals surface area contributed by atoms with Crippen LogP contribution in [0.4, 0.5) is 0 Å². The van der Waals surface area contributed by atoms with Gasteiger partial charge in [0.25, 0.3) is 0 Å². The van der Waals surface area contributed by atoms with Crippen LogP contribution < -0.4 is 10.7 Å². The van der Waals surface area contributed by atoms with Crippen LogP contribution in [0, 0.1) is 0 Å². The first-order valence-electron chi connectivity index (χ1n) is 7.53. The maximum atomic E-state index is 5.18. The van der Waals surface area contributed by atoms with E-state index in [2.05, 4.69) is 67.8 Å². The number of nitrogens with one attached hydrogen (secondary N) is 2. The third-order valence-electron chi connectivity index (χ3n) is 3.31. The van der Waals surface area contributed by atoms with E-state index in [9.17, 15) is 0 Å². The summed E-state index contributed by atoms with van der Waals surface area (Å²) < 4.78 is 0. The number of nitrogens with zero attached hydrogens (tertiary/aromatic N) is 1. The van der Waals surface area contributed by atoms with Crippen molar-refractivity contribution in [1.29, 1.82) is 0 Å². The summed E-state index contributed by atoms with van der Waals surface area (Å²) in [4.78, 5) is 0. The molecule has 1 aromatic rings. The summed E-state index contributed by atoms with van der Waals surface area (Å²) >= 11 is 5.18. The fraction of sp³-hybridized carbons (Fsp3) is 0.529. The maximum absolute atomic E-state index is 5.18. The molecule has 0 saturated heterocycles. The van der Waals surface area contributed by atoms with E-state index in [1.807, 2.05) is 6.92 Å². The maximum Gasteiger partial charge on any atom is 0.186 e. The molecule has 0 bridgehead atoms. The van der Waals surface area contributed by atoms with Crippen LogP contribution in [0.1, 0.15) is 58.6 Å². The van der Waals surface area contributed by atoms with E-state index in [1.54, 1.807) is 0 Å². The van der Waals surface area contributed by atoms with Gasteiger partial charge in [-0.2, -0.15) is 5.10 Å². The van der Waals surface area contributed by atoms with Gasteiger partial charge >= 0.3 is 0 Å². The first-order chi connectivity index (χ1) is 9.84. The lowest BCUT2D eigenvalue weighted by atomic mass is 9.86. The van der Waals surface area contributed by atoms with Crippen molar-refractivity contribution in [1.82, 2.24) is 10.7 Å². The zero-order chi connectivity index (χ0) is 15.9. The number of rotatable bonds is 5. The van der Waals surface area contributed by atoms with Gasteiger partial charge in [-0.3, -0.25) is 5.43 Å². The van der Waals surface area contributed by atoms with Gasteiger partial charge in [0, 0.05) is 6.54 Å². The van der Waals surface area contributed by atoms with Crippen LogP contribution >= 0.6 is 12.2 Å². The Balaban J connectivity index is 2.60. The van der Waals surface area contributed by atoms with Crippen LogP contribution in [0.3, 0.4) is 0 Å². The van der Waals surface area contributed by atoms with E-state index in [1.165, 1.54) is 5.56 Å². The molecule has 4 heteroatoms. The van der Waals surface area contributed by atoms with Crippen molar-refractivity contribution in [2.45, 2.75) is 52.9 Å². The lowest BCUT2D eigenvalue weighted by Crippen LogP contribution is -2.33. The molecule has 0 unspecified atom stereocenters. The zero-order valence-electron chi connectivity index (χ0n) is 13.8. The van der Waals surface area contributed by atoms with Gasteiger partial charge in [-0.25, -0.2) is 0 Å². The third kappa shape index (κ3) is 6.25. The third-order valence-corrected chi connectivity index (χ3v) is 3.55. The van der Waals surface area contributed by atoms with Crippen LogP contribution in [-0.2, 0) is 5.41 Å². The van der Waals surface area contributed by atoms with E-state index < -0.39 is 0 Å². The highest BCUT2D eigenvalue weighted by Gasteiger charge is 2.13. The Morgan fingerprint density at radius 2 is 1.81 bits per heavy atom. The zero-order valence-corrected chi connectivity index (χ0v) is 14.6. The molecule has 0 saturated carbocycles. The van der Waals surface area contributed by atoms with Crippen LogP contribution in [-0.4, -0.2) is 17.4 Å². The van der Waals surface area contributed by atoms with Crippen molar-refractivity contribution in [3.63, 3.8) is 0 Å². The van der Waals surface area contributed by atoms with Gasteiger partial charge in [0.15, 0.2) is 5.11 Å². The van der Waals surface area contributed by atoms with Gasteiger partial charge in [0.1, 0.15) is 0 Å². The minimum absolute atomic E-state index is 0.173. The number of thiocarbonyl (C=S) groups is 1. The van der Waals surface area contributed by atoms with E-state index in [4.69, 9.17) is 12.2 Å². The van der Waals surface area contributed by atoms with Crippen molar-refractivity contribution < 1.29 is 0 Å². The van der Waals surface area contributed by atoms with Crippen molar-refractivity contribution in [2.75, 3.05) is 6.54 Å². The predicted octanol–water partition coefficient (Wildman–Crippen LogP) is 3.97. The van der Waals surface area contributed by atoms with Crippen LogP contribution in [0.2, 0.25) is 0 Å². The average Bonchev–Trinajstić information content (AvgIpc) is 2.44. The highest BCUT2D eigenvalue weighted by Crippen LogP contribution is 2.22. The van der Waals surface area contributed by atoms with Crippen LogP contribution in [0.5, 0.6) is 0 Å². The molecule has 0 aliphatic heterocycles. The molecule has 21 heavy (non-hydrogen) atoms. The second-order valence-corrected chi connectivity index (χ2v) is 6.65. The number of hydrogen-bond acceptors (Lipinski definition) is 2. The molecule has 2 N–H and O–H groups in total. The fourth-order valence-corrected chi connectivity index (χ4v) is 1.98. The van der Waals surface area contributed by atoms with Gasteiger partial charge in [-0.15, -0.1) is 0 Å². The summed E-state index contributed by atoms with van der Waals surface area (Å²) in [5.41, 5.74) is 6.42. The SMILES string of the molecule is CCCCNC(=S)NN=C(C)c1ccc(C(C)(C)C)cc1. The molecule has 1 rings (SSSR count). The molecule has 1 aromatic carbocycles. The Kier molecular flexibility index (Phi) is 6.82. The number of benzene rings is 1. The summed E-state index contributed by atoms with van der Waals surface area (Å²) in [7, 11) is 0. The number of hydrogen-bond donors (Lipinski definition) is 2. The summed E-state index contributed by atoms with van der Waals surface area (Å²) in [6, 6.07) is 8.53. The van der Waals surface area contributed by atoms with Crippen molar-refractivity contribution in [3.8, 4) is 0 Å². The lowest BCUT2D eigenvalue weighted by Gasteiger charge is -2.19. The van der Waals surface area contributed by atoms with Gasteiger partial charge in [0.2, 0.25) is 0 Å². The van der Waals surface area contributed by atoms with E-state index >= 15 is 0 Å². The fourth-order valence-electron chi connectivity index (χ4n) is 1.83. The van der Waals surface area contributed by atoms with Crippen LogP contribution in [0.25, 0.3) is 0 Å². The quantitative estimate of drug-likeness (QED) is 0.374. The van der Waals surface area contributed by atoms with Gasteiger partial charge < -0.3 is 5.32 Å². The Labute approximate surface area is 134 Å². The van der Waals surface area contributed by atoms with Crippen molar-refractivity contribution in [3.05, 3.63) is 35.4 Å². The van der Waals surface area contributed by atoms with Crippen LogP contribution in [0.15, 0.2) is 29.4 Å². The summed E-state index contributed by atoms with van der Waals surface area (Å²) in [6.45, 7) is 11.7. The molecule has 116 valence electrons. The van der Waals surface area contributed by atoms with E-state index in [0.29, 0.717) is 5.11 Å². The lowest BCUT2D eigenvalue weighted by molar-refractivity contribution is 0.590. The largest absolute Gasteiger partial charge is 0.361 e. The number of hydrazone groups is 1. The second kappa shape index (κ2) is 8.13. The highest BCUT2D eigenvalue weighted by molar-refractivity contribution is 7.80. The smallest absolute Gasteiger partial charge is 0.186 e. The average molecular weight is 305 g/mol. The molecule has 0 atom stereocenters. The van der Waals surface area contributed by atoms with E-state index in [-0.39, 0.29) is 5.41 Å². The molecule has 0 aliphatic rings. The molecule has 0 aliphatic carbocycles. The van der Waals surface area contributed by atoms with Gasteiger partial charge in [-0.05, 0) is 42.1 Å². The molecule has 0 spiro atoms. The van der Waals surface area contributed by atoms with Crippen molar-refractivity contribution >= 4 is 23.0 Å². The predicted molar refractivity (Wildman–Crippen MR) is 96.0 cm³/mol. The van der Waals surface area contributed by atoms with Gasteiger partial charge in [0.05, 0.1) is 5.71 Å². The molecule has 0 radical (unpaired) electrons. The normalized spacial score (nSPS) is 12.1. The minimum Gasteiger partial charge on any atom is -0.361 e. The number of unbranched alkanes of at least 4 members (excludes halogenated alkanes) is 1. The minimum atomic E-state index is 0.173. The Morgan fingerprint density at radius 3 is 2.33 bits per heavy atom. The highest BCUT2D eigenvalue weighted by atomic mass is 32.1. The molecule has 3 nitrogen and oxygen atoms in total. The van der Waals surface area contributed by atoms with Crippen molar-refractivity contribution in [2.24, 2.45) is 5.10 Å². The molecular formula is C17H27N3S. The second-order valence-electron chi connectivity index (χ2n) is 6.25. The monoisotopic (exact) mass is 305 g/mol. The Bertz CT molecular complexity index is 484. The Hall–Kier alpha value is -1.42. The van der Waals surface area contributed by atoms with E-state index in [0.717, 1.165) is 30.7 Å². The molecule has 0 aromatic heterocycles. The molecular weight excluding hydrogens is 278 g/mol. The molecule has 0 amide bonds. The van der Waals surface area contributed by atoms with Gasteiger partial charge in [-0.1, -0.05) is 58.4 Å². The topological polar surface area (TPSA) is 36.4 Å². The first-order valence-corrected chi connectivity index (χ1v) is 7.94. The standard InChI is InChI=1S/C17H27N3S/c1-6-7-12-18-16(21)20-19-13(2)14-8-10-15(11-9-14)17(3,4)5/h8-11H,6-7,12H2,1-5H3,(H2,18,20,21). The summed E-state index contributed by atoms with van der Waals surface area (Å²) in [6.07, 6.45) is 2.26. The molecule has 0 heterocycles.